The third-order valence-corrected chi connectivity index (χ3v) is 3.35. The Labute approximate surface area is 114 Å². The Bertz CT molecular complexity index is 417. The number of nitrogen functional groups attached to an aromatic ring is 1. The summed E-state index contributed by atoms with van der Waals surface area (Å²) in [6, 6.07) is 5.65. The lowest BCUT2D eigenvalue weighted by Gasteiger charge is -2.26. The summed E-state index contributed by atoms with van der Waals surface area (Å²) >= 11 is 0. The largest absolute Gasteiger partial charge is 0.494 e. The van der Waals surface area contributed by atoms with Gasteiger partial charge in [0.2, 0.25) is 0 Å². The summed E-state index contributed by atoms with van der Waals surface area (Å²) < 4.78 is 16.5. The molecule has 1 unspecified atom stereocenters. The number of hydrogen-bond donors (Lipinski definition) is 2. The molecule has 0 amide bonds. The molecule has 106 valence electrons. The van der Waals surface area contributed by atoms with Crippen LogP contribution in [0.4, 0.5) is 11.4 Å². The van der Waals surface area contributed by atoms with Crippen LogP contribution in [-0.2, 0) is 9.47 Å². The highest BCUT2D eigenvalue weighted by Gasteiger charge is 2.34. The van der Waals surface area contributed by atoms with Crippen LogP contribution in [0.3, 0.4) is 0 Å². The summed E-state index contributed by atoms with van der Waals surface area (Å²) in [5.74, 6) is 0.777. The van der Waals surface area contributed by atoms with Gasteiger partial charge < -0.3 is 25.3 Å². The van der Waals surface area contributed by atoms with Crippen molar-refractivity contribution in [2.24, 2.45) is 0 Å². The SMILES string of the molecule is CCOc1cc(N)cc(NCC2(OC)CCOC2)c1. The lowest BCUT2D eigenvalue weighted by Crippen LogP contribution is -2.39. The molecule has 5 nitrogen and oxygen atoms in total. The maximum Gasteiger partial charge on any atom is 0.123 e. The van der Waals surface area contributed by atoms with Crippen molar-refractivity contribution in [3.05, 3.63) is 18.2 Å². The average molecular weight is 266 g/mol. The Morgan fingerprint density at radius 3 is 2.89 bits per heavy atom. The van der Waals surface area contributed by atoms with E-state index >= 15 is 0 Å². The van der Waals surface area contributed by atoms with Crippen molar-refractivity contribution in [2.75, 3.05) is 44.5 Å². The van der Waals surface area contributed by atoms with Gasteiger partial charge in [0, 0.05) is 50.2 Å². The van der Waals surface area contributed by atoms with E-state index in [1.54, 1.807) is 7.11 Å². The van der Waals surface area contributed by atoms with Crippen LogP contribution >= 0.6 is 0 Å². The van der Waals surface area contributed by atoms with E-state index in [9.17, 15) is 0 Å². The zero-order chi connectivity index (χ0) is 13.7. The fourth-order valence-corrected chi connectivity index (χ4v) is 2.20. The maximum atomic E-state index is 5.86. The first-order valence-corrected chi connectivity index (χ1v) is 6.57. The van der Waals surface area contributed by atoms with Crippen molar-refractivity contribution in [2.45, 2.75) is 18.9 Å². The van der Waals surface area contributed by atoms with E-state index in [0.29, 0.717) is 25.4 Å². The van der Waals surface area contributed by atoms with Crippen molar-refractivity contribution < 1.29 is 14.2 Å². The molecule has 0 spiro atoms. The summed E-state index contributed by atoms with van der Waals surface area (Å²) in [7, 11) is 1.72. The molecule has 0 aromatic heterocycles. The molecular formula is C14H22N2O3. The van der Waals surface area contributed by atoms with E-state index in [-0.39, 0.29) is 5.60 Å². The highest BCUT2D eigenvalue weighted by atomic mass is 16.5. The number of nitrogens with one attached hydrogen (secondary N) is 1. The zero-order valence-corrected chi connectivity index (χ0v) is 11.6. The van der Waals surface area contributed by atoms with Crippen LogP contribution in [0, 0.1) is 0 Å². The Morgan fingerprint density at radius 2 is 2.26 bits per heavy atom. The second kappa shape index (κ2) is 6.12. The van der Waals surface area contributed by atoms with Gasteiger partial charge in [-0.05, 0) is 13.0 Å². The normalized spacial score (nSPS) is 22.4. The van der Waals surface area contributed by atoms with Gasteiger partial charge in [-0.1, -0.05) is 0 Å². The summed E-state index contributed by atoms with van der Waals surface area (Å²) in [5, 5.41) is 3.35. The predicted molar refractivity (Wildman–Crippen MR) is 75.7 cm³/mol. The molecule has 1 saturated heterocycles. The zero-order valence-electron chi connectivity index (χ0n) is 11.6. The number of ether oxygens (including phenoxy) is 3. The summed E-state index contributed by atoms with van der Waals surface area (Å²) in [5.41, 5.74) is 7.24. The molecule has 1 heterocycles. The number of hydrogen-bond acceptors (Lipinski definition) is 5. The molecule has 3 N–H and O–H groups in total. The van der Waals surface area contributed by atoms with Crippen molar-refractivity contribution in [1.82, 2.24) is 0 Å². The van der Waals surface area contributed by atoms with Gasteiger partial charge in [-0.25, -0.2) is 0 Å². The maximum absolute atomic E-state index is 5.86. The first-order valence-electron chi connectivity index (χ1n) is 6.57. The van der Waals surface area contributed by atoms with Crippen molar-refractivity contribution in [3.8, 4) is 5.75 Å². The Hall–Kier alpha value is -1.46. The van der Waals surface area contributed by atoms with E-state index in [1.807, 2.05) is 25.1 Å². The van der Waals surface area contributed by atoms with Gasteiger partial charge in [-0.15, -0.1) is 0 Å². The molecule has 1 atom stereocenters. The van der Waals surface area contributed by atoms with E-state index in [0.717, 1.165) is 24.5 Å². The molecular weight excluding hydrogens is 244 g/mol. The number of anilines is 2. The van der Waals surface area contributed by atoms with E-state index < -0.39 is 0 Å². The van der Waals surface area contributed by atoms with Crippen LogP contribution in [0.15, 0.2) is 18.2 Å². The topological polar surface area (TPSA) is 65.7 Å². The van der Waals surface area contributed by atoms with Crippen molar-refractivity contribution in [3.63, 3.8) is 0 Å². The molecule has 1 aromatic rings. The average Bonchev–Trinajstić information content (AvgIpc) is 2.86. The minimum atomic E-state index is -0.240. The molecule has 1 aliphatic rings. The number of rotatable bonds is 6. The van der Waals surface area contributed by atoms with Gasteiger partial charge in [0.1, 0.15) is 11.4 Å². The monoisotopic (exact) mass is 266 g/mol. The lowest BCUT2D eigenvalue weighted by molar-refractivity contribution is -0.00620. The molecule has 0 aliphatic carbocycles. The molecule has 19 heavy (non-hydrogen) atoms. The minimum Gasteiger partial charge on any atom is -0.494 e. The minimum absolute atomic E-state index is 0.240. The molecule has 0 saturated carbocycles. The molecule has 0 radical (unpaired) electrons. The van der Waals surface area contributed by atoms with E-state index in [1.165, 1.54) is 0 Å². The molecule has 5 heteroatoms. The molecule has 0 bridgehead atoms. The lowest BCUT2D eigenvalue weighted by atomic mass is 10.0. The van der Waals surface area contributed by atoms with Crippen molar-refractivity contribution in [1.29, 1.82) is 0 Å². The van der Waals surface area contributed by atoms with E-state index in [4.69, 9.17) is 19.9 Å². The van der Waals surface area contributed by atoms with Crippen molar-refractivity contribution >= 4 is 11.4 Å². The predicted octanol–water partition coefficient (Wildman–Crippen LogP) is 1.88. The fourth-order valence-electron chi connectivity index (χ4n) is 2.20. The van der Waals surface area contributed by atoms with E-state index in [2.05, 4.69) is 5.32 Å². The smallest absolute Gasteiger partial charge is 0.123 e. The number of methoxy groups -OCH3 is 1. The standard InChI is InChI=1S/C14H22N2O3/c1-3-19-13-7-11(15)6-12(8-13)16-9-14(17-2)4-5-18-10-14/h6-8,16H,3-5,9-10,15H2,1-2H3. The van der Waals surface area contributed by atoms with Gasteiger partial charge in [0.05, 0.1) is 13.2 Å². The second-order valence-electron chi connectivity index (χ2n) is 4.77. The quantitative estimate of drug-likeness (QED) is 0.770. The van der Waals surface area contributed by atoms with Gasteiger partial charge in [0.15, 0.2) is 0 Å². The Kier molecular flexibility index (Phi) is 4.50. The van der Waals surface area contributed by atoms with Gasteiger partial charge in [-0.2, -0.15) is 0 Å². The third kappa shape index (κ3) is 3.52. The highest BCUT2D eigenvalue weighted by molar-refractivity contribution is 5.59. The summed E-state index contributed by atoms with van der Waals surface area (Å²) in [6.45, 7) is 4.64. The molecule has 1 aliphatic heterocycles. The Balaban J connectivity index is 2.02. The Morgan fingerprint density at radius 1 is 1.42 bits per heavy atom. The third-order valence-electron chi connectivity index (χ3n) is 3.35. The van der Waals surface area contributed by atoms with Crippen LogP contribution in [0.25, 0.3) is 0 Å². The van der Waals surface area contributed by atoms with Crippen LogP contribution in [0.1, 0.15) is 13.3 Å². The first kappa shape index (κ1) is 14.0. The first-order chi connectivity index (χ1) is 9.17. The molecule has 1 fully saturated rings. The highest BCUT2D eigenvalue weighted by Crippen LogP contribution is 2.26. The van der Waals surface area contributed by atoms with Gasteiger partial charge in [-0.3, -0.25) is 0 Å². The van der Waals surface area contributed by atoms with Crippen LogP contribution in [-0.4, -0.2) is 39.1 Å². The second-order valence-corrected chi connectivity index (χ2v) is 4.77. The summed E-state index contributed by atoms with van der Waals surface area (Å²) in [6.07, 6.45) is 0.900. The van der Waals surface area contributed by atoms with Crippen LogP contribution in [0.2, 0.25) is 0 Å². The van der Waals surface area contributed by atoms with Gasteiger partial charge in [0.25, 0.3) is 0 Å². The number of nitrogens with two attached hydrogens (primary N) is 1. The van der Waals surface area contributed by atoms with Gasteiger partial charge >= 0.3 is 0 Å². The van der Waals surface area contributed by atoms with Crippen LogP contribution in [0.5, 0.6) is 5.75 Å². The van der Waals surface area contributed by atoms with Crippen LogP contribution < -0.4 is 15.8 Å². The fraction of sp³-hybridized carbons (Fsp3) is 0.571. The molecule has 1 aromatic carbocycles. The summed E-state index contributed by atoms with van der Waals surface area (Å²) in [4.78, 5) is 0. The molecule has 2 rings (SSSR count). The number of benzene rings is 1.